The number of pyridine rings is 1. The summed E-state index contributed by atoms with van der Waals surface area (Å²) in [4.78, 5) is 26.9. The van der Waals surface area contributed by atoms with Gasteiger partial charge in [0.15, 0.2) is 0 Å². The van der Waals surface area contributed by atoms with Gasteiger partial charge in [-0.05, 0) is 12.1 Å². The Bertz CT molecular complexity index is 560. The van der Waals surface area contributed by atoms with E-state index in [0.29, 0.717) is 0 Å². The minimum Gasteiger partial charge on any atom is -0.476 e. The average Bonchev–Trinajstić information content (AvgIpc) is 2.56. The number of hydrogen-bond acceptors (Lipinski definition) is 4. The second kappa shape index (κ2) is 3.05. The number of nitrogens with one attached hydrogen (secondary N) is 1. The van der Waals surface area contributed by atoms with Crippen molar-refractivity contribution in [3.05, 3.63) is 34.1 Å². The van der Waals surface area contributed by atoms with Crippen molar-refractivity contribution in [2.75, 3.05) is 0 Å². The van der Waals surface area contributed by atoms with Crippen LogP contribution in [0.2, 0.25) is 0 Å². The fourth-order valence-corrected chi connectivity index (χ4v) is 1.35. The van der Waals surface area contributed by atoms with Gasteiger partial charge in [-0.15, -0.1) is 0 Å². The molecule has 0 fully saturated rings. The lowest BCUT2D eigenvalue weighted by molar-refractivity contribution is -0.383. The number of nitrogens with zero attached hydrogens (tertiary/aromatic N) is 2. The van der Waals surface area contributed by atoms with Crippen LogP contribution in [-0.4, -0.2) is 26.0 Å². The van der Waals surface area contributed by atoms with Crippen LogP contribution in [0.15, 0.2) is 18.3 Å². The normalized spacial score (nSPS) is 10.4. The van der Waals surface area contributed by atoms with Gasteiger partial charge in [-0.1, -0.05) is 0 Å². The number of aromatic amines is 1. The molecule has 7 heteroatoms. The summed E-state index contributed by atoms with van der Waals surface area (Å²) in [6.45, 7) is 0. The van der Waals surface area contributed by atoms with Crippen LogP contribution in [0.3, 0.4) is 0 Å². The third-order valence-corrected chi connectivity index (χ3v) is 1.94. The molecule has 2 heterocycles. The van der Waals surface area contributed by atoms with Crippen LogP contribution in [0.5, 0.6) is 0 Å². The fourth-order valence-electron chi connectivity index (χ4n) is 1.35. The van der Waals surface area contributed by atoms with Crippen molar-refractivity contribution in [1.29, 1.82) is 0 Å². The molecule has 0 unspecified atom stereocenters. The number of rotatable bonds is 2. The standard InChI is InChI=1S/C8H5N3O4/c12-8(13)5-6(11(14)15)4-2-1-3-9-7(4)10-5/h1-3H,(H,9,10)(H,12,13). The molecule has 0 bridgehead atoms. The molecule has 0 amide bonds. The molecule has 0 aliphatic heterocycles. The Hall–Kier alpha value is -2.44. The van der Waals surface area contributed by atoms with Gasteiger partial charge in [0.1, 0.15) is 5.65 Å². The Kier molecular flexibility index (Phi) is 1.86. The minimum atomic E-state index is -1.38. The summed E-state index contributed by atoms with van der Waals surface area (Å²) < 4.78 is 0. The highest BCUT2D eigenvalue weighted by atomic mass is 16.6. The van der Waals surface area contributed by atoms with Crippen LogP contribution in [-0.2, 0) is 0 Å². The second-order valence-corrected chi connectivity index (χ2v) is 2.81. The van der Waals surface area contributed by atoms with E-state index < -0.39 is 22.3 Å². The highest BCUT2D eigenvalue weighted by molar-refractivity contribution is 6.01. The van der Waals surface area contributed by atoms with Crippen molar-refractivity contribution in [3.8, 4) is 0 Å². The van der Waals surface area contributed by atoms with E-state index in [0.717, 1.165) is 0 Å². The summed E-state index contributed by atoms with van der Waals surface area (Å²) in [6, 6.07) is 2.96. The molecule has 0 aliphatic rings. The molecular formula is C8H5N3O4. The summed E-state index contributed by atoms with van der Waals surface area (Å²) in [5.41, 5.74) is -0.707. The fraction of sp³-hybridized carbons (Fsp3) is 0. The zero-order valence-electron chi connectivity index (χ0n) is 7.30. The summed E-state index contributed by atoms with van der Waals surface area (Å²) >= 11 is 0. The third kappa shape index (κ3) is 1.30. The van der Waals surface area contributed by atoms with Gasteiger partial charge in [0.05, 0.1) is 10.3 Å². The summed E-state index contributed by atoms with van der Waals surface area (Å²) in [7, 11) is 0. The van der Waals surface area contributed by atoms with E-state index in [-0.39, 0.29) is 11.0 Å². The quantitative estimate of drug-likeness (QED) is 0.567. The highest BCUT2D eigenvalue weighted by Gasteiger charge is 2.26. The van der Waals surface area contributed by atoms with Crippen molar-refractivity contribution >= 4 is 22.7 Å². The van der Waals surface area contributed by atoms with Crippen molar-refractivity contribution in [2.45, 2.75) is 0 Å². The van der Waals surface area contributed by atoms with E-state index in [1.165, 1.54) is 18.3 Å². The Labute approximate surface area is 82.5 Å². The first-order chi connectivity index (χ1) is 7.11. The zero-order valence-corrected chi connectivity index (χ0v) is 7.30. The lowest BCUT2D eigenvalue weighted by atomic mass is 10.2. The molecule has 15 heavy (non-hydrogen) atoms. The third-order valence-electron chi connectivity index (χ3n) is 1.94. The molecular weight excluding hydrogens is 202 g/mol. The molecule has 76 valence electrons. The molecule has 2 rings (SSSR count). The number of fused-ring (bicyclic) bond motifs is 1. The molecule has 0 atom stereocenters. The van der Waals surface area contributed by atoms with E-state index >= 15 is 0 Å². The van der Waals surface area contributed by atoms with Gasteiger partial charge in [-0.25, -0.2) is 9.78 Å². The maximum absolute atomic E-state index is 10.7. The van der Waals surface area contributed by atoms with E-state index in [9.17, 15) is 14.9 Å². The molecule has 0 radical (unpaired) electrons. The number of carboxylic acid groups (broad SMARTS) is 1. The Morgan fingerprint density at radius 3 is 2.93 bits per heavy atom. The number of H-pyrrole nitrogens is 1. The van der Waals surface area contributed by atoms with E-state index in [1.807, 2.05) is 0 Å². The van der Waals surface area contributed by atoms with Crippen molar-refractivity contribution in [1.82, 2.24) is 9.97 Å². The van der Waals surface area contributed by atoms with Crippen LogP contribution in [0.1, 0.15) is 10.5 Å². The molecule has 0 saturated heterocycles. The van der Waals surface area contributed by atoms with Crippen molar-refractivity contribution < 1.29 is 14.8 Å². The molecule has 2 aromatic heterocycles. The second-order valence-electron chi connectivity index (χ2n) is 2.81. The zero-order chi connectivity index (χ0) is 11.0. The lowest BCUT2D eigenvalue weighted by Crippen LogP contribution is -2.01. The van der Waals surface area contributed by atoms with Gasteiger partial charge in [0, 0.05) is 6.20 Å². The molecule has 0 saturated carbocycles. The van der Waals surface area contributed by atoms with Crippen molar-refractivity contribution in [2.24, 2.45) is 0 Å². The number of carbonyl (C=O) groups is 1. The SMILES string of the molecule is O=C(O)c1[nH]c2ncccc2c1[N+](=O)[O-]. The molecule has 0 aliphatic carbocycles. The van der Waals surface area contributed by atoms with E-state index in [1.54, 1.807) is 0 Å². The maximum Gasteiger partial charge on any atom is 0.359 e. The predicted octanol–water partition coefficient (Wildman–Crippen LogP) is 1.17. The molecule has 0 spiro atoms. The Morgan fingerprint density at radius 1 is 1.60 bits per heavy atom. The number of aromatic carboxylic acids is 1. The van der Waals surface area contributed by atoms with Gasteiger partial charge < -0.3 is 10.1 Å². The van der Waals surface area contributed by atoms with Gasteiger partial charge in [0.25, 0.3) is 0 Å². The van der Waals surface area contributed by atoms with Gasteiger partial charge in [-0.3, -0.25) is 10.1 Å². The maximum atomic E-state index is 10.7. The van der Waals surface area contributed by atoms with Crippen LogP contribution in [0.4, 0.5) is 5.69 Å². The molecule has 2 N–H and O–H groups in total. The number of nitro groups is 1. The Balaban J connectivity index is 2.86. The monoisotopic (exact) mass is 207 g/mol. The topological polar surface area (TPSA) is 109 Å². The first-order valence-corrected chi connectivity index (χ1v) is 3.95. The van der Waals surface area contributed by atoms with Crippen LogP contribution >= 0.6 is 0 Å². The van der Waals surface area contributed by atoms with Crippen molar-refractivity contribution in [3.63, 3.8) is 0 Å². The van der Waals surface area contributed by atoms with Crippen LogP contribution in [0, 0.1) is 10.1 Å². The number of hydrogen-bond donors (Lipinski definition) is 2. The van der Waals surface area contributed by atoms with Gasteiger partial charge in [-0.2, -0.15) is 0 Å². The van der Waals surface area contributed by atoms with E-state index in [2.05, 4.69) is 9.97 Å². The molecule has 2 aromatic rings. The summed E-state index contributed by atoms with van der Waals surface area (Å²) in [5.74, 6) is -1.38. The average molecular weight is 207 g/mol. The highest BCUT2D eigenvalue weighted by Crippen LogP contribution is 2.28. The number of aromatic nitrogens is 2. The first-order valence-electron chi connectivity index (χ1n) is 3.95. The van der Waals surface area contributed by atoms with Gasteiger partial charge >= 0.3 is 11.7 Å². The minimum absolute atomic E-state index is 0.194. The lowest BCUT2D eigenvalue weighted by Gasteiger charge is -1.89. The van der Waals surface area contributed by atoms with Crippen LogP contribution < -0.4 is 0 Å². The predicted molar refractivity (Wildman–Crippen MR) is 49.7 cm³/mol. The van der Waals surface area contributed by atoms with E-state index in [4.69, 9.17) is 5.11 Å². The first kappa shape index (κ1) is 9.13. The smallest absolute Gasteiger partial charge is 0.359 e. The summed E-state index contributed by atoms with van der Waals surface area (Å²) in [6.07, 6.45) is 1.42. The van der Waals surface area contributed by atoms with Crippen LogP contribution in [0.25, 0.3) is 11.0 Å². The molecule has 7 nitrogen and oxygen atoms in total. The largest absolute Gasteiger partial charge is 0.476 e. The summed E-state index contributed by atoms with van der Waals surface area (Å²) in [5, 5.41) is 19.6. The van der Waals surface area contributed by atoms with Gasteiger partial charge in [0.2, 0.25) is 5.69 Å². The Morgan fingerprint density at radius 2 is 2.33 bits per heavy atom. The number of carboxylic acids is 1. The molecule has 0 aromatic carbocycles.